The maximum absolute atomic E-state index is 11.1. The Kier molecular flexibility index (Phi) is 3.58. The minimum Gasteiger partial charge on any atom is -0.468 e. The zero-order valence-electron chi connectivity index (χ0n) is 9.24. The van der Waals surface area contributed by atoms with Gasteiger partial charge in [-0.2, -0.15) is 0 Å². The molecular formula is C12H11BrN2O2. The number of anilines is 1. The first-order chi connectivity index (χ1) is 8.22. The van der Waals surface area contributed by atoms with E-state index in [9.17, 15) is 4.79 Å². The summed E-state index contributed by atoms with van der Waals surface area (Å²) in [5, 5.41) is 4.97. The summed E-state index contributed by atoms with van der Waals surface area (Å²) in [4.78, 5) is 15.3. The number of hydrogen-bond donors (Lipinski definition) is 1. The van der Waals surface area contributed by atoms with E-state index in [2.05, 4.69) is 31.0 Å². The van der Waals surface area contributed by atoms with Gasteiger partial charge in [-0.05, 0) is 15.9 Å². The maximum Gasteiger partial charge on any atom is 0.325 e. The number of carbonyl (C=O) groups is 1. The molecule has 0 atom stereocenters. The Hall–Kier alpha value is -1.62. The molecule has 0 saturated heterocycles. The molecule has 5 heteroatoms. The normalized spacial score (nSPS) is 10.2. The van der Waals surface area contributed by atoms with Gasteiger partial charge in [0, 0.05) is 21.4 Å². The minimum absolute atomic E-state index is 0.106. The van der Waals surface area contributed by atoms with Gasteiger partial charge in [0.2, 0.25) is 0 Å². The molecule has 1 aromatic heterocycles. The van der Waals surface area contributed by atoms with E-state index >= 15 is 0 Å². The molecule has 0 spiro atoms. The van der Waals surface area contributed by atoms with Gasteiger partial charge in [0.15, 0.2) is 0 Å². The van der Waals surface area contributed by atoms with Crippen LogP contribution < -0.4 is 5.32 Å². The van der Waals surface area contributed by atoms with Gasteiger partial charge in [-0.3, -0.25) is 4.79 Å². The van der Waals surface area contributed by atoms with Gasteiger partial charge in [0.05, 0.1) is 7.11 Å². The number of hydrogen-bond acceptors (Lipinski definition) is 4. The molecule has 1 aromatic carbocycles. The largest absolute Gasteiger partial charge is 0.468 e. The van der Waals surface area contributed by atoms with Crippen molar-refractivity contribution in [3.05, 3.63) is 34.9 Å². The van der Waals surface area contributed by atoms with E-state index in [1.807, 2.05) is 24.3 Å². The number of benzene rings is 1. The molecular weight excluding hydrogens is 284 g/mol. The molecule has 0 aliphatic carbocycles. The Morgan fingerprint density at radius 3 is 2.82 bits per heavy atom. The van der Waals surface area contributed by atoms with Crippen molar-refractivity contribution in [3.63, 3.8) is 0 Å². The second-order valence-corrected chi connectivity index (χ2v) is 4.28. The number of rotatable bonds is 3. The lowest BCUT2D eigenvalue weighted by molar-refractivity contribution is -0.138. The van der Waals surface area contributed by atoms with Crippen LogP contribution in [0.4, 0.5) is 5.82 Å². The van der Waals surface area contributed by atoms with Crippen molar-refractivity contribution >= 4 is 38.5 Å². The van der Waals surface area contributed by atoms with Gasteiger partial charge < -0.3 is 10.1 Å². The number of nitrogens with one attached hydrogen (secondary N) is 1. The molecule has 17 heavy (non-hydrogen) atoms. The monoisotopic (exact) mass is 294 g/mol. The quantitative estimate of drug-likeness (QED) is 0.884. The van der Waals surface area contributed by atoms with Crippen LogP contribution in [0, 0.1) is 0 Å². The Labute approximate surface area is 107 Å². The van der Waals surface area contributed by atoms with Crippen molar-refractivity contribution in [3.8, 4) is 0 Å². The first-order valence-electron chi connectivity index (χ1n) is 5.06. The second-order valence-electron chi connectivity index (χ2n) is 3.43. The highest BCUT2D eigenvalue weighted by Crippen LogP contribution is 2.27. The SMILES string of the molecule is COC(=O)CNc1ncc(Br)c2ccccc12. The predicted octanol–water partition coefficient (Wildman–Crippen LogP) is 2.58. The van der Waals surface area contributed by atoms with E-state index in [0.717, 1.165) is 15.2 Å². The second kappa shape index (κ2) is 5.14. The number of carbonyl (C=O) groups excluding carboxylic acids is 1. The molecule has 0 bridgehead atoms. The highest BCUT2D eigenvalue weighted by atomic mass is 79.9. The molecule has 0 radical (unpaired) electrons. The van der Waals surface area contributed by atoms with Crippen LogP contribution in [-0.4, -0.2) is 24.6 Å². The molecule has 0 fully saturated rings. The third-order valence-electron chi connectivity index (χ3n) is 2.37. The van der Waals surface area contributed by atoms with Crippen LogP contribution in [0.15, 0.2) is 34.9 Å². The Morgan fingerprint density at radius 2 is 2.12 bits per heavy atom. The molecule has 4 nitrogen and oxygen atoms in total. The summed E-state index contributed by atoms with van der Waals surface area (Å²) in [6.07, 6.45) is 1.71. The third-order valence-corrected chi connectivity index (χ3v) is 3.01. The number of halogens is 1. The highest BCUT2D eigenvalue weighted by Gasteiger charge is 2.06. The molecule has 0 aliphatic heterocycles. The lowest BCUT2D eigenvalue weighted by atomic mass is 10.1. The Balaban J connectivity index is 2.35. The topological polar surface area (TPSA) is 51.2 Å². The molecule has 0 aliphatic rings. The number of aromatic nitrogens is 1. The number of esters is 1. The summed E-state index contributed by atoms with van der Waals surface area (Å²) in [5.74, 6) is 0.355. The summed E-state index contributed by atoms with van der Waals surface area (Å²) in [6, 6.07) is 7.83. The summed E-state index contributed by atoms with van der Waals surface area (Å²) in [7, 11) is 1.36. The van der Waals surface area contributed by atoms with Gasteiger partial charge in [0.25, 0.3) is 0 Å². The number of pyridine rings is 1. The average Bonchev–Trinajstić information content (AvgIpc) is 2.38. The van der Waals surface area contributed by atoms with Crippen molar-refractivity contribution in [2.45, 2.75) is 0 Å². The van der Waals surface area contributed by atoms with Crippen molar-refractivity contribution in [2.24, 2.45) is 0 Å². The van der Waals surface area contributed by atoms with E-state index < -0.39 is 0 Å². The van der Waals surface area contributed by atoms with Crippen LogP contribution in [0.2, 0.25) is 0 Å². The number of fused-ring (bicyclic) bond motifs is 1. The van der Waals surface area contributed by atoms with E-state index in [0.29, 0.717) is 5.82 Å². The first kappa shape index (κ1) is 11.9. The van der Waals surface area contributed by atoms with Gasteiger partial charge in [0.1, 0.15) is 12.4 Å². The van der Waals surface area contributed by atoms with Crippen LogP contribution in [0.25, 0.3) is 10.8 Å². The Morgan fingerprint density at radius 1 is 1.41 bits per heavy atom. The van der Waals surface area contributed by atoms with Gasteiger partial charge >= 0.3 is 5.97 Å². The molecule has 0 saturated carbocycles. The molecule has 1 N–H and O–H groups in total. The molecule has 1 heterocycles. The zero-order valence-corrected chi connectivity index (χ0v) is 10.8. The first-order valence-corrected chi connectivity index (χ1v) is 5.85. The number of nitrogens with zero attached hydrogens (tertiary/aromatic N) is 1. The van der Waals surface area contributed by atoms with E-state index in [-0.39, 0.29) is 12.5 Å². The van der Waals surface area contributed by atoms with Crippen molar-refractivity contribution in [1.29, 1.82) is 0 Å². The van der Waals surface area contributed by atoms with Crippen LogP contribution in [0.5, 0.6) is 0 Å². The van der Waals surface area contributed by atoms with E-state index in [1.165, 1.54) is 7.11 Å². The van der Waals surface area contributed by atoms with Gasteiger partial charge in [-0.1, -0.05) is 24.3 Å². The van der Waals surface area contributed by atoms with E-state index in [1.54, 1.807) is 6.20 Å². The summed E-state index contributed by atoms with van der Waals surface area (Å²) in [6.45, 7) is 0.106. The molecule has 0 amide bonds. The number of ether oxygens (including phenoxy) is 1. The summed E-state index contributed by atoms with van der Waals surface area (Å²) in [5.41, 5.74) is 0. The predicted molar refractivity (Wildman–Crippen MR) is 69.9 cm³/mol. The lowest BCUT2D eigenvalue weighted by Gasteiger charge is -2.08. The fourth-order valence-corrected chi connectivity index (χ4v) is 1.98. The minimum atomic E-state index is -0.321. The maximum atomic E-state index is 11.1. The summed E-state index contributed by atoms with van der Waals surface area (Å²) >= 11 is 3.44. The molecule has 2 aromatic rings. The van der Waals surface area contributed by atoms with E-state index in [4.69, 9.17) is 0 Å². The fraction of sp³-hybridized carbons (Fsp3) is 0.167. The lowest BCUT2D eigenvalue weighted by Crippen LogP contribution is -2.15. The molecule has 2 rings (SSSR count). The van der Waals surface area contributed by atoms with Gasteiger partial charge in [-0.15, -0.1) is 0 Å². The third kappa shape index (κ3) is 2.55. The van der Waals surface area contributed by atoms with Crippen molar-refractivity contribution in [1.82, 2.24) is 4.98 Å². The molecule has 88 valence electrons. The Bertz CT molecular complexity index is 557. The number of methoxy groups -OCH3 is 1. The highest BCUT2D eigenvalue weighted by molar-refractivity contribution is 9.10. The van der Waals surface area contributed by atoms with Crippen LogP contribution in [-0.2, 0) is 9.53 Å². The molecule has 0 unspecified atom stereocenters. The summed E-state index contributed by atoms with van der Waals surface area (Å²) < 4.78 is 5.50. The standard InChI is InChI=1S/C12H11BrN2O2/c1-17-11(16)7-15-12-9-5-3-2-4-8(9)10(13)6-14-12/h2-6H,7H2,1H3,(H,14,15). The van der Waals surface area contributed by atoms with Crippen LogP contribution in [0.3, 0.4) is 0 Å². The van der Waals surface area contributed by atoms with Gasteiger partial charge in [-0.25, -0.2) is 4.98 Å². The average molecular weight is 295 g/mol. The zero-order chi connectivity index (χ0) is 12.3. The van der Waals surface area contributed by atoms with Crippen LogP contribution >= 0.6 is 15.9 Å². The van der Waals surface area contributed by atoms with Crippen LogP contribution in [0.1, 0.15) is 0 Å². The fourth-order valence-electron chi connectivity index (χ4n) is 1.53. The van der Waals surface area contributed by atoms with Crippen molar-refractivity contribution in [2.75, 3.05) is 19.0 Å². The van der Waals surface area contributed by atoms with Crippen molar-refractivity contribution < 1.29 is 9.53 Å². The smallest absolute Gasteiger partial charge is 0.325 e.